The third-order valence-electron chi connectivity index (χ3n) is 4.43. The first-order valence-electron chi connectivity index (χ1n) is 8.17. The Morgan fingerprint density at radius 2 is 1.79 bits per heavy atom. The van der Waals surface area contributed by atoms with Crippen LogP contribution in [0.1, 0.15) is 12.8 Å². The van der Waals surface area contributed by atoms with Crippen molar-refractivity contribution in [2.45, 2.75) is 12.8 Å². The molecular weight excluding hydrogens is 298 g/mol. The Hall–Kier alpha value is -2.95. The number of anilines is 2. The van der Waals surface area contributed by atoms with Gasteiger partial charge in [0.05, 0.1) is 11.9 Å². The summed E-state index contributed by atoms with van der Waals surface area (Å²) in [7, 11) is 0. The summed E-state index contributed by atoms with van der Waals surface area (Å²) in [4.78, 5) is 6.75. The van der Waals surface area contributed by atoms with Crippen LogP contribution in [0.3, 0.4) is 0 Å². The summed E-state index contributed by atoms with van der Waals surface area (Å²) in [5.41, 5.74) is 2.00. The Bertz CT molecular complexity index is 941. The van der Waals surface area contributed by atoms with Gasteiger partial charge in [-0.05, 0) is 43.0 Å². The van der Waals surface area contributed by atoms with Crippen LogP contribution in [-0.2, 0) is 0 Å². The van der Waals surface area contributed by atoms with Gasteiger partial charge < -0.3 is 4.90 Å². The molecule has 0 spiro atoms. The fraction of sp³-hybridized carbons (Fsp3) is 0.211. The zero-order valence-electron chi connectivity index (χ0n) is 13.3. The van der Waals surface area contributed by atoms with Crippen molar-refractivity contribution in [3.05, 3.63) is 60.2 Å². The lowest BCUT2D eigenvalue weighted by Crippen LogP contribution is -2.29. The van der Waals surface area contributed by atoms with Gasteiger partial charge in [-0.15, -0.1) is 0 Å². The van der Waals surface area contributed by atoms with Crippen LogP contribution in [0.25, 0.3) is 10.9 Å². The van der Waals surface area contributed by atoms with Crippen molar-refractivity contribution in [3.8, 4) is 0 Å². The van der Waals surface area contributed by atoms with Crippen molar-refractivity contribution in [2.75, 3.05) is 11.4 Å². The van der Waals surface area contributed by atoms with Gasteiger partial charge in [0.15, 0.2) is 0 Å². The molecule has 0 radical (unpaired) electrons. The van der Waals surface area contributed by atoms with Crippen LogP contribution in [0.15, 0.2) is 54.6 Å². The van der Waals surface area contributed by atoms with Gasteiger partial charge in [-0.3, -0.25) is 15.4 Å². The van der Waals surface area contributed by atoms with E-state index in [2.05, 4.69) is 22.0 Å². The Morgan fingerprint density at radius 1 is 1.08 bits per heavy atom. The van der Waals surface area contributed by atoms with Gasteiger partial charge in [-0.1, -0.05) is 30.3 Å². The van der Waals surface area contributed by atoms with Crippen LogP contribution in [-0.4, -0.2) is 22.4 Å². The van der Waals surface area contributed by atoms with E-state index < -0.39 is 0 Å². The number of hydrogen-bond donors (Lipinski definition) is 2. The zero-order valence-corrected chi connectivity index (χ0v) is 13.3. The molecule has 5 nitrogen and oxygen atoms in total. The third-order valence-corrected chi connectivity index (χ3v) is 4.43. The molecule has 3 aromatic rings. The summed E-state index contributed by atoms with van der Waals surface area (Å²) in [6, 6.07) is 18.1. The summed E-state index contributed by atoms with van der Waals surface area (Å²) >= 11 is 0. The number of nitrogens with zero attached hydrogens (tertiary/aromatic N) is 3. The molecule has 0 bridgehead atoms. The molecule has 0 unspecified atom stereocenters. The molecule has 1 heterocycles. The Balaban J connectivity index is 1.95. The maximum Gasteiger partial charge on any atom is 0.229 e. The van der Waals surface area contributed by atoms with Gasteiger partial charge in [0.2, 0.25) is 5.62 Å². The highest BCUT2D eigenvalue weighted by molar-refractivity contribution is 5.94. The van der Waals surface area contributed by atoms with Gasteiger partial charge in [-0.2, -0.15) is 4.98 Å². The van der Waals surface area contributed by atoms with E-state index in [1.165, 1.54) is 17.4 Å². The Morgan fingerprint density at radius 3 is 2.50 bits per heavy atom. The predicted octanol–water partition coefficient (Wildman–Crippen LogP) is 3.52. The molecule has 2 aromatic carbocycles. The van der Waals surface area contributed by atoms with E-state index in [9.17, 15) is 0 Å². The maximum atomic E-state index is 8.22. The van der Waals surface area contributed by atoms with Crippen molar-refractivity contribution < 1.29 is 0 Å². The molecule has 5 heteroatoms. The number of nitrogens with one attached hydrogen (secondary N) is 2. The summed E-state index contributed by atoms with van der Waals surface area (Å²) in [6.07, 6.45) is 3.65. The molecule has 120 valence electrons. The smallest absolute Gasteiger partial charge is 0.229 e. The lowest BCUT2D eigenvalue weighted by atomic mass is 10.2. The fourth-order valence-electron chi connectivity index (χ4n) is 3.02. The van der Waals surface area contributed by atoms with Gasteiger partial charge in [0, 0.05) is 17.6 Å². The van der Waals surface area contributed by atoms with E-state index in [0.717, 1.165) is 35.3 Å². The number of benzene rings is 2. The number of hydrogen-bond acceptors (Lipinski definition) is 4. The lowest BCUT2D eigenvalue weighted by molar-refractivity contribution is 0.796. The monoisotopic (exact) mass is 317 g/mol. The molecule has 0 atom stereocenters. The number of rotatable bonds is 5. The van der Waals surface area contributed by atoms with Gasteiger partial charge in [0.25, 0.3) is 0 Å². The molecule has 0 amide bonds. The van der Waals surface area contributed by atoms with Crippen molar-refractivity contribution in [3.63, 3.8) is 0 Å². The highest BCUT2D eigenvalue weighted by Gasteiger charge is 2.27. The van der Waals surface area contributed by atoms with E-state index in [4.69, 9.17) is 10.8 Å². The van der Waals surface area contributed by atoms with Gasteiger partial charge in [0.1, 0.15) is 5.82 Å². The van der Waals surface area contributed by atoms with Crippen LogP contribution in [0.4, 0.5) is 11.5 Å². The molecule has 1 aliphatic carbocycles. The number of fused-ring (bicyclic) bond motifs is 1. The molecular formula is C19H19N5. The highest BCUT2D eigenvalue weighted by Crippen LogP contribution is 2.36. The molecule has 4 rings (SSSR count). The summed E-state index contributed by atoms with van der Waals surface area (Å²) < 4.78 is 1.50. The van der Waals surface area contributed by atoms with Gasteiger partial charge >= 0.3 is 0 Å². The van der Waals surface area contributed by atoms with E-state index in [1.807, 2.05) is 42.5 Å². The molecule has 2 N–H and O–H groups in total. The largest absolute Gasteiger partial charge is 0.325 e. The van der Waals surface area contributed by atoms with E-state index in [-0.39, 0.29) is 5.62 Å². The first-order valence-corrected chi connectivity index (χ1v) is 8.17. The van der Waals surface area contributed by atoms with E-state index >= 15 is 0 Å². The van der Waals surface area contributed by atoms with Crippen LogP contribution in [0.5, 0.6) is 0 Å². The standard InChI is InChI=1S/C19H19N5/c20-13-24-17-9-5-4-8-16(17)18(22-19(24)21)23(12-14-10-11-14)15-6-2-1-3-7-15/h1-9,13-14,20-21H,10-12H2. The Labute approximate surface area is 140 Å². The molecule has 24 heavy (non-hydrogen) atoms. The minimum Gasteiger partial charge on any atom is -0.325 e. The number of aromatic nitrogens is 2. The minimum atomic E-state index is 0.0791. The molecule has 0 aliphatic heterocycles. The van der Waals surface area contributed by atoms with Crippen LogP contribution >= 0.6 is 0 Å². The maximum absolute atomic E-state index is 8.22. The third kappa shape index (κ3) is 2.58. The molecule has 0 saturated heterocycles. The second kappa shape index (κ2) is 5.92. The highest BCUT2D eigenvalue weighted by atomic mass is 15.2. The summed E-state index contributed by atoms with van der Waals surface area (Å²) in [5.74, 6) is 1.49. The minimum absolute atomic E-state index is 0.0791. The zero-order chi connectivity index (χ0) is 16.5. The van der Waals surface area contributed by atoms with Gasteiger partial charge in [-0.25, -0.2) is 0 Å². The quantitative estimate of drug-likeness (QED) is 0.558. The second-order valence-electron chi connectivity index (χ2n) is 6.16. The molecule has 1 fully saturated rings. The number of para-hydroxylation sites is 2. The second-order valence-corrected chi connectivity index (χ2v) is 6.16. The Kier molecular flexibility index (Phi) is 3.61. The first-order chi connectivity index (χ1) is 11.8. The molecule has 1 aromatic heterocycles. The van der Waals surface area contributed by atoms with Crippen molar-refractivity contribution in [1.29, 1.82) is 10.8 Å². The molecule has 1 saturated carbocycles. The average Bonchev–Trinajstić information content (AvgIpc) is 3.44. The van der Waals surface area contributed by atoms with Crippen LogP contribution in [0, 0.1) is 16.7 Å². The van der Waals surface area contributed by atoms with E-state index in [1.54, 1.807) is 0 Å². The van der Waals surface area contributed by atoms with Crippen molar-refractivity contribution in [2.24, 2.45) is 5.92 Å². The fourth-order valence-corrected chi connectivity index (χ4v) is 3.02. The predicted molar refractivity (Wildman–Crippen MR) is 95.9 cm³/mol. The molecule has 1 aliphatic rings. The van der Waals surface area contributed by atoms with Crippen LogP contribution in [0.2, 0.25) is 0 Å². The van der Waals surface area contributed by atoms with Crippen molar-refractivity contribution in [1.82, 2.24) is 9.55 Å². The SMILES string of the molecule is N=Cn1c(=N)nc(N(CC2CC2)c2ccccc2)c2ccccc21. The van der Waals surface area contributed by atoms with E-state index in [0.29, 0.717) is 5.92 Å². The average molecular weight is 317 g/mol. The van der Waals surface area contributed by atoms with Crippen molar-refractivity contribution >= 4 is 28.7 Å². The lowest BCUT2D eigenvalue weighted by Gasteiger charge is -2.25. The van der Waals surface area contributed by atoms with Crippen LogP contribution < -0.4 is 10.5 Å². The first kappa shape index (κ1) is 14.6. The summed E-state index contributed by atoms with van der Waals surface area (Å²) in [5, 5.41) is 16.8. The summed E-state index contributed by atoms with van der Waals surface area (Å²) in [6.45, 7) is 0.912. The normalized spacial score (nSPS) is 13.8. The topological polar surface area (TPSA) is 68.8 Å².